The number of rotatable bonds is 12. The Morgan fingerprint density at radius 2 is 1.67 bits per heavy atom. The Morgan fingerprint density at radius 1 is 1.03 bits per heavy atom. The van der Waals surface area contributed by atoms with Crippen LogP contribution < -0.4 is 16.0 Å². The predicted octanol–water partition coefficient (Wildman–Crippen LogP) is -0.135. The zero-order chi connectivity index (χ0) is 25.0. The van der Waals surface area contributed by atoms with Crippen LogP contribution in [0.2, 0.25) is 0 Å². The summed E-state index contributed by atoms with van der Waals surface area (Å²) in [4.78, 5) is 35.0. The van der Waals surface area contributed by atoms with Crippen molar-refractivity contribution in [1.82, 2.24) is 16.0 Å². The molecule has 33 heavy (non-hydrogen) atoms. The number of aliphatic hydroxyl groups is 3. The number of carbonyl (C=O) groups is 3. The highest BCUT2D eigenvalue weighted by molar-refractivity contribution is 7.99. The lowest BCUT2D eigenvalue weighted by Gasteiger charge is -2.42. The molecule has 0 aromatic rings. The van der Waals surface area contributed by atoms with Crippen molar-refractivity contribution in [3.8, 4) is 0 Å². The molecule has 1 fully saturated rings. The van der Waals surface area contributed by atoms with Crippen LogP contribution in [0.4, 0.5) is 4.79 Å². The van der Waals surface area contributed by atoms with E-state index in [1.54, 1.807) is 20.8 Å². The van der Waals surface area contributed by atoms with Crippen molar-refractivity contribution in [2.75, 3.05) is 25.4 Å². The van der Waals surface area contributed by atoms with Crippen molar-refractivity contribution < 1.29 is 39.2 Å². The monoisotopic (exact) mass is 493 g/mol. The molecule has 11 nitrogen and oxygen atoms in total. The molecule has 5 atom stereocenters. The fourth-order valence-corrected chi connectivity index (χ4v) is 4.32. The summed E-state index contributed by atoms with van der Waals surface area (Å²) in [5.41, 5.74) is -1.24. The second kappa shape index (κ2) is 14.6. The van der Waals surface area contributed by atoms with Gasteiger partial charge in [-0.05, 0) is 40.0 Å². The molecule has 1 aliphatic heterocycles. The van der Waals surface area contributed by atoms with E-state index in [-0.39, 0.29) is 18.2 Å². The van der Waals surface area contributed by atoms with Crippen LogP contribution in [-0.2, 0) is 19.1 Å². The van der Waals surface area contributed by atoms with Crippen LogP contribution in [0.5, 0.6) is 0 Å². The third-order valence-electron chi connectivity index (χ3n) is 4.71. The van der Waals surface area contributed by atoms with Crippen molar-refractivity contribution in [3.05, 3.63) is 0 Å². The summed E-state index contributed by atoms with van der Waals surface area (Å²) >= 11 is 1.23. The average molecular weight is 494 g/mol. The lowest BCUT2D eigenvalue weighted by Crippen LogP contribution is -2.63. The second-order valence-electron chi connectivity index (χ2n) is 8.89. The fraction of sp³-hybridized carbons (Fsp3) is 0.857. The zero-order valence-electron chi connectivity index (χ0n) is 19.8. The van der Waals surface area contributed by atoms with E-state index in [9.17, 15) is 29.7 Å². The van der Waals surface area contributed by atoms with Gasteiger partial charge < -0.3 is 40.7 Å². The van der Waals surface area contributed by atoms with E-state index < -0.39 is 48.1 Å². The third kappa shape index (κ3) is 11.9. The van der Waals surface area contributed by atoms with Gasteiger partial charge in [0.15, 0.2) is 0 Å². The van der Waals surface area contributed by atoms with Crippen LogP contribution in [-0.4, -0.2) is 94.1 Å². The number of carbonyl (C=O) groups excluding carboxylic acids is 3. The molecule has 0 aromatic heterocycles. The summed E-state index contributed by atoms with van der Waals surface area (Å²) in [6.07, 6.45) is -1.45. The first-order valence-corrected chi connectivity index (χ1v) is 12.2. The molecule has 3 amide bonds. The summed E-state index contributed by atoms with van der Waals surface area (Å²) in [5.74, 6) is -0.157. The minimum atomic E-state index is -1.33. The summed E-state index contributed by atoms with van der Waals surface area (Å²) in [5, 5.41) is 37.7. The molecule has 1 rings (SSSR count). The first kappa shape index (κ1) is 29.4. The highest BCUT2D eigenvalue weighted by Gasteiger charge is 2.44. The minimum Gasteiger partial charge on any atom is -0.444 e. The summed E-state index contributed by atoms with van der Waals surface area (Å²) in [6, 6.07) is -0.859. The normalized spacial score (nSPS) is 25.2. The van der Waals surface area contributed by atoms with Gasteiger partial charge in [-0.25, -0.2) is 4.79 Å². The van der Waals surface area contributed by atoms with E-state index in [0.29, 0.717) is 18.8 Å². The molecule has 0 aliphatic carbocycles. The maximum Gasteiger partial charge on any atom is 0.407 e. The van der Waals surface area contributed by atoms with Gasteiger partial charge in [-0.1, -0.05) is 0 Å². The third-order valence-corrected chi connectivity index (χ3v) is 5.88. The molecule has 1 aliphatic rings. The van der Waals surface area contributed by atoms with Gasteiger partial charge in [0.05, 0.1) is 12.6 Å². The van der Waals surface area contributed by atoms with Crippen LogP contribution in [0.3, 0.4) is 0 Å². The summed E-state index contributed by atoms with van der Waals surface area (Å²) in [7, 11) is 0. The van der Waals surface area contributed by atoms with Crippen molar-refractivity contribution in [2.24, 2.45) is 0 Å². The van der Waals surface area contributed by atoms with Crippen molar-refractivity contribution in [3.63, 3.8) is 0 Å². The van der Waals surface area contributed by atoms with Crippen molar-refractivity contribution >= 4 is 29.7 Å². The quantitative estimate of drug-likeness (QED) is 0.203. The molecular formula is C21H39N3O8S. The number of aliphatic hydroxyl groups excluding tert-OH is 3. The molecule has 192 valence electrons. The molecule has 6 N–H and O–H groups in total. The van der Waals surface area contributed by atoms with E-state index in [1.807, 2.05) is 0 Å². The number of amides is 3. The Balaban J connectivity index is 2.23. The Morgan fingerprint density at radius 3 is 2.24 bits per heavy atom. The van der Waals surface area contributed by atoms with Gasteiger partial charge in [0, 0.05) is 32.2 Å². The zero-order valence-corrected chi connectivity index (χ0v) is 20.7. The average Bonchev–Trinajstić information content (AvgIpc) is 2.70. The first-order chi connectivity index (χ1) is 15.4. The second-order valence-corrected chi connectivity index (χ2v) is 10.1. The number of ether oxygens (including phenoxy) is 2. The smallest absolute Gasteiger partial charge is 0.407 e. The summed E-state index contributed by atoms with van der Waals surface area (Å²) in [6.45, 7) is 7.24. The van der Waals surface area contributed by atoms with Crippen LogP contribution in [0, 0.1) is 0 Å². The largest absolute Gasteiger partial charge is 0.444 e. The number of unbranched alkanes of at least 4 members (excludes halogenated alkanes) is 2. The van der Waals surface area contributed by atoms with Gasteiger partial charge in [0.25, 0.3) is 0 Å². The Hall–Kier alpha value is -1.60. The number of thioether (sulfide) groups is 1. The highest BCUT2D eigenvalue weighted by atomic mass is 32.2. The van der Waals surface area contributed by atoms with Crippen molar-refractivity contribution in [2.45, 2.75) is 88.8 Å². The maximum absolute atomic E-state index is 12.1. The number of hydrogen-bond acceptors (Lipinski definition) is 9. The fourth-order valence-electron chi connectivity index (χ4n) is 3.13. The molecule has 0 radical (unpaired) electrons. The molecule has 1 saturated heterocycles. The van der Waals surface area contributed by atoms with Gasteiger partial charge >= 0.3 is 6.09 Å². The number of hydrogen-bond donors (Lipinski definition) is 6. The van der Waals surface area contributed by atoms with Gasteiger partial charge in [0.2, 0.25) is 11.8 Å². The van der Waals surface area contributed by atoms with Crippen LogP contribution in [0.25, 0.3) is 0 Å². The lowest BCUT2D eigenvalue weighted by atomic mass is 9.98. The molecule has 0 aromatic carbocycles. The molecule has 0 saturated carbocycles. The van der Waals surface area contributed by atoms with E-state index >= 15 is 0 Å². The van der Waals surface area contributed by atoms with Crippen molar-refractivity contribution in [1.29, 1.82) is 0 Å². The minimum absolute atomic E-state index is 0.138. The van der Waals surface area contributed by atoms with Gasteiger partial charge in [-0.15, -0.1) is 11.8 Å². The predicted molar refractivity (Wildman–Crippen MR) is 124 cm³/mol. The van der Waals surface area contributed by atoms with Gasteiger partial charge in [0.1, 0.15) is 29.3 Å². The molecule has 0 bridgehead atoms. The van der Waals surface area contributed by atoms with Crippen LogP contribution in [0.1, 0.15) is 53.4 Å². The van der Waals surface area contributed by atoms with Crippen LogP contribution >= 0.6 is 11.8 Å². The highest BCUT2D eigenvalue weighted by Crippen LogP contribution is 2.29. The standard InChI is InChI=1S/C21H39N3O8S/c1-13(26)24-16-18(29)17(28)14(12-25)31-19(16)33-11-8-15(27)22-9-6-5-7-10-23-20(30)32-21(2,3)4/h14,16-19,25,28-29H,5-12H2,1-4H3,(H,22,27)(H,23,30)(H,24,26)/t14-,16-,17+,18-,19-/m1/s1. The summed E-state index contributed by atoms with van der Waals surface area (Å²) < 4.78 is 10.8. The van der Waals surface area contributed by atoms with E-state index in [1.165, 1.54) is 18.7 Å². The van der Waals surface area contributed by atoms with E-state index in [2.05, 4.69) is 16.0 Å². The van der Waals surface area contributed by atoms with Crippen LogP contribution in [0.15, 0.2) is 0 Å². The van der Waals surface area contributed by atoms with E-state index in [4.69, 9.17) is 9.47 Å². The van der Waals surface area contributed by atoms with Gasteiger partial charge in [-0.3, -0.25) is 9.59 Å². The molecule has 0 unspecified atom stereocenters. The molecular weight excluding hydrogens is 454 g/mol. The Bertz CT molecular complexity index is 631. The Labute approximate surface area is 199 Å². The van der Waals surface area contributed by atoms with Gasteiger partial charge in [-0.2, -0.15) is 0 Å². The maximum atomic E-state index is 12.1. The molecule has 0 spiro atoms. The number of nitrogens with one attached hydrogen (secondary N) is 3. The lowest BCUT2D eigenvalue weighted by molar-refractivity contribution is -0.173. The topological polar surface area (TPSA) is 166 Å². The van der Waals surface area contributed by atoms with E-state index in [0.717, 1.165) is 19.3 Å². The first-order valence-electron chi connectivity index (χ1n) is 11.2. The SMILES string of the molecule is CC(=O)N[C@@H]1[C@@H](O)[C@@H](O)[C@@H](CO)O[C@@H]1SCCC(=O)NCCCCCNC(=O)OC(C)(C)C. The number of alkyl carbamates (subject to hydrolysis) is 1. The Kier molecular flexibility index (Phi) is 13.0. The molecule has 1 heterocycles. The molecule has 12 heteroatoms.